The zero-order valence-corrected chi connectivity index (χ0v) is 19.4. The minimum Gasteiger partial charge on any atom is -0.462 e. The summed E-state index contributed by atoms with van der Waals surface area (Å²) in [7, 11) is -3.70. The first-order chi connectivity index (χ1) is 16.6. The van der Waals surface area contributed by atoms with Crippen LogP contribution < -0.4 is 5.32 Å². The monoisotopic (exact) mass is 509 g/mol. The Hall–Kier alpha value is -3.22. The first-order valence-corrected chi connectivity index (χ1v) is 12.2. The normalized spacial score (nSPS) is 15.2. The fourth-order valence-corrected chi connectivity index (χ4v) is 5.07. The molecule has 2 heterocycles. The second-order valence-electron chi connectivity index (χ2n) is 7.66. The molecular weight excluding hydrogens is 487 g/mol. The quantitative estimate of drug-likeness (QED) is 0.498. The number of hydrogen-bond acceptors (Lipinski definition) is 7. The average molecular weight is 510 g/mol. The number of hydrogen-bond donors (Lipinski definition) is 1. The zero-order valence-electron chi connectivity index (χ0n) is 18.6. The average Bonchev–Trinajstić information content (AvgIpc) is 2.84. The third-order valence-electron chi connectivity index (χ3n) is 5.42. The third kappa shape index (κ3) is 5.24. The molecule has 35 heavy (non-hydrogen) atoms. The van der Waals surface area contributed by atoms with E-state index in [2.05, 4.69) is 10.3 Å². The molecule has 0 unspecified atom stereocenters. The molecular formula is C23H22F3N3O5S. The topological polar surface area (TPSA) is 97.8 Å². The zero-order chi connectivity index (χ0) is 25.2. The molecule has 4 rings (SSSR count). The molecule has 3 aromatic rings. The minimum atomic E-state index is -4.55. The van der Waals surface area contributed by atoms with Crippen LogP contribution in [0.15, 0.2) is 53.6 Å². The van der Waals surface area contributed by atoms with Crippen molar-refractivity contribution in [3.05, 3.63) is 59.8 Å². The van der Waals surface area contributed by atoms with Crippen molar-refractivity contribution in [1.29, 1.82) is 0 Å². The Kier molecular flexibility index (Phi) is 6.97. The number of halogens is 3. The van der Waals surface area contributed by atoms with E-state index in [-0.39, 0.29) is 46.7 Å². The van der Waals surface area contributed by atoms with Crippen molar-refractivity contribution >= 4 is 38.3 Å². The van der Waals surface area contributed by atoms with Gasteiger partial charge in [0.05, 0.1) is 41.5 Å². The highest BCUT2D eigenvalue weighted by Crippen LogP contribution is 2.35. The fourth-order valence-electron chi connectivity index (χ4n) is 3.66. The van der Waals surface area contributed by atoms with E-state index in [0.29, 0.717) is 18.9 Å². The highest BCUT2D eigenvalue weighted by atomic mass is 32.2. The standard InChI is InChI=1S/C23H22F3N3O5S/c1-2-34-22(30)19-14-27-20-13-15(23(24,25)26)3-8-18(20)21(19)28-16-4-6-17(7-5-16)35(31,32)29-9-11-33-12-10-29/h3-8,13-14H,2,9-12H2,1H3,(H,27,28). The molecule has 186 valence electrons. The number of fused-ring (bicyclic) bond motifs is 1. The van der Waals surface area contributed by atoms with Gasteiger partial charge in [-0.1, -0.05) is 6.07 Å². The Morgan fingerprint density at radius 1 is 1.14 bits per heavy atom. The van der Waals surface area contributed by atoms with Crippen molar-refractivity contribution in [1.82, 2.24) is 9.29 Å². The smallest absolute Gasteiger partial charge is 0.416 e. The SMILES string of the molecule is CCOC(=O)c1cnc2cc(C(F)(F)F)ccc2c1Nc1ccc(S(=O)(=O)N2CCOCC2)cc1. The molecule has 1 fully saturated rings. The second-order valence-corrected chi connectivity index (χ2v) is 9.60. The Labute approximate surface area is 199 Å². The third-order valence-corrected chi connectivity index (χ3v) is 7.34. The van der Waals surface area contributed by atoms with Crippen LogP contribution in [0.4, 0.5) is 24.5 Å². The summed E-state index contributed by atoms with van der Waals surface area (Å²) in [6.07, 6.45) is -3.40. The minimum absolute atomic E-state index is 0.0295. The van der Waals surface area contributed by atoms with Gasteiger partial charge < -0.3 is 14.8 Å². The number of carbonyl (C=O) groups is 1. The Morgan fingerprint density at radius 2 is 1.83 bits per heavy atom. The lowest BCUT2D eigenvalue weighted by Gasteiger charge is -2.26. The van der Waals surface area contributed by atoms with E-state index in [1.165, 1.54) is 34.6 Å². The summed E-state index contributed by atoms with van der Waals surface area (Å²) in [4.78, 5) is 16.6. The van der Waals surface area contributed by atoms with Crippen LogP contribution in [0.1, 0.15) is 22.8 Å². The Bertz CT molecular complexity index is 1340. The van der Waals surface area contributed by atoms with Gasteiger partial charge in [0.15, 0.2) is 0 Å². The number of carbonyl (C=O) groups excluding carboxylic acids is 1. The van der Waals surface area contributed by atoms with Gasteiger partial charge in [-0.05, 0) is 43.3 Å². The summed E-state index contributed by atoms with van der Waals surface area (Å²) in [6.45, 7) is 2.88. The molecule has 0 amide bonds. The summed E-state index contributed by atoms with van der Waals surface area (Å²) < 4.78 is 76.8. The van der Waals surface area contributed by atoms with E-state index >= 15 is 0 Å². The second kappa shape index (κ2) is 9.80. The summed E-state index contributed by atoms with van der Waals surface area (Å²) in [5.41, 5.74) is -0.189. The predicted molar refractivity (Wildman–Crippen MR) is 122 cm³/mol. The van der Waals surface area contributed by atoms with Crippen LogP contribution in [-0.4, -0.2) is 56.6 Å². The van der Waals surface area contributed by atoms with Crippen LogP contribution >= 0.6 is 0 Å². The van der Waals surface area contributed by atoms with Gasteiger partial charge in [0, 0.05) is 30.4 Å². The van der Waals surface area contributed by atoms with Crippen LogP contribution in [-0.2, 0) is 25.7 Å². The number of pyridine rings is 1. The van der Waals surface area contributed by atoms with Gasteiger partial charge in [-0.15, -0.1) is 0 Å². The summed E-state index contributed by atoms with van der Waals surface area (Å²) in [6, 6.07) is 8.89. The van der Waals surface area contributed by atoms with E-state index in [0.717, 1.165) is 18.3 Å². The lowest BCUT2D eigenvalue weighted by atomic mass is 10.1. The molecule has 0 saturated carbocycles. The number of benzene rings is 2. The summed E-state index contributed by atoms with van der Waals surface area (Å²) in [5.74, 6) is -0.698. The largest absolute Gasteiger partial charge is 0.462 e. The molecule has 0 atom stereocenters. The fraction of sp³-hybridized carbons (Fsp3) is 0.304. The molecule has 1 aliphatic heterocycles. The van der Waals surface area contributed by atoms with E-state index in [1.54, 1.807) is 6.92 Å². The van der Waals surface area contributed by atoms with Gasteiger partial charge in [0.25, 0.3) is 0 Å². The van der Waals surface area contributed by atoms with E-state index in [1.807, 2.05) is 0 Å². The molecule has 0 aliphatic carbocycles. The molecule has 1 saturated heterocycles. The molecule has 1 aliphatic rings. The number of alkyl halides is 3. The molecule has 12 heteroatoms. The molecule has 8 nitrogen and oxygen atoms in total. The predicted octanol–water partition coefficient (Wildman–Crippen LogP) is 4.19. The lowest BCUT2D eigenvalue weighted by Crippen LogP contribution is -2.40. The van der Waals surface area contributed by atoms with Crippen LogP contribution in [0.25, 0.3) is 10.9 Å². The number of nitrogens with zero attached hydrogens (tertiary/aromatic N) is 2. The highest BCUT2D eigenvalue weighted by molar-refractivity contribution is 7.89. The summed E-state index contributed by atoms with van der Waals surface area (Å²) >= 11 is 0. The number of morpholine rings is 1. The van der Waals surface area contributed by atoms with Gasteiger partial charge in [-0.25, -0.2) is 13.2 Å². The lowest BCUT2D eigenvalue weighted by molar-refractivity contribution is -0.137. The van der Waals surface area contributed by atoms with Crippen LogP contribution in [0.5, 0.6) is 0 Å². The van der Waals surface area contributed by atoms with Crippen molar-refractivity contribution < 1.29 is 35.9 Å². The van der Waals surface area contributed by atoms with Crippen molar-refractivity contribution in [3.8, 4) is 0 Å². The number of anilines is 2. The maximum absolute atomic E-state index is 13.2. The van der Waals surface area contributed by atoms with E-state index < -0.39 is 27.7 Å². The van der Waals surface area contributed by atoms with E-state index in [4.69, 9.17) is 9.47 Å². The molecule has 0 radical (unpaired) electrons. The number of ether oxygens (including phenoxy) is 2. The molecule has 1 aromatic heterocycles. The van der Waals surface area contributed by atoms with Gasteiger partial charge in [0.1, 0.15) is 5.56 Å². The van der Waals surface area contributed by atoms with Crippen LogP contribution in [0, 0.1) is 0 Å². The molecule has 0 bridgehead atoms. The first-order valence-electron chi connectivity index (χ1n) is 10.7. The van der Waals surface area contributed by atoms with Crippen molar-refractivity contribution in [2.24, 2.45) is 0 Å². The van der Waals surface area contributed by atoms with Gasteiger partial charge in [-0.2, -0.15) is 17.5 Å². The maximum Gasteiger partial charge on any atom is 0.416 e. The number of esters is 1. The number of rotatable bonds is 6. The van der Waals surface area contributed by atoms with Crippen LogP contribution in [0.3, 0.4) is 0 Å². The molecule has 2 aromatic carbocycles. The molecule has 0 spiro atoms. The van der Waals surface area contributed by atoms with Crippen molar-refractivity contribution in [2.45, 2.75) is 18.0 Å². The maximum atomic E-state index is 13.2. The highest BCUT2D eigenvalue weighted by Gasteiger charge is 2.31. The van der Waals surface area contributed by atoms with Gasteiger partial charge in [-0.3, -0.25) is 4.98 Å². The number of sulfonamides is 1. The number of nitrogens with one attached hydrogen (secondary N) is 1. The molecule has 1 N–H and O–H groups in total. The Balaban J connectivity index is 1.71. The Morgan fingerprint density at radius 3 is 2.46 bits per heavy atom. The van der Waals surface area contributed by atoms with Crippen molar-refractivity contribution in [2.75, 3.05) is 38.2 Å². The number of aromatic nitrogens is 1. The van der Waals surface area contributed by atoms with Gasteiger partial charge in [0.2, 0.25) is 10.0 Å². The van der Waals surface area contributed by atoms with E-state index in [9.17, 15) is 26.4 Å². The summed E-state index contributed by atoms with van der Waals surface area (Å²) in [5, 5.41) is 3.29. The first kappa shape index (κ1) is 24.9. The van der Waals surface area contributed by atoms with Crippen LogP contribution in [0.2, 0.25) is 0 Å². The van der Waals surface area contributed by atoms with Crippen molar-refractivity contribution in [3.63, 3.8) is 0 Å². The van der Waals surface area contributed by atoms with Gasteiger partial charge >= 0.3 is 12.1 Å².